The van der Waals surface area contributed by atoms with E-state index in [-0.39, 0.29) is 30.2 Å². The van der Waals surface area contributed by atoms with Crippen LogP contribution in [0.1, 0.15) is 28.1 Å². The molecule has 5 rings (SSSR count). The number of fused-ring (bicyclic) bond motifs is 1. The van der Waals surface area contributed by atoms with Gasteiger partial charge in [-0.05, 0) is 44.2 Å². The van der Waals surface area contributed by atoms with Crippen molar-refractivity contribution in [2.24, 2.45) is 5.92 Å². The summed E-state index contributed by atoms with van der Waals surface area (Å²) >= 11 is 1.31. The summed E-state index contributed by atoms with van der Waals surface area (Å²) in [5.41, 5.74) is 0.590. The molecule has 0 atom stereocenters. The number of hydrogen-bond donors (Lipinski definition) is 0. The van der Waals surface area contributed by atoms with E-state index in [9.17, 15) is 14.0 Å². The highest BCUT2D eigenvalue weighted by Crippen LogP contribution is 2.35. The fourth-order valence-electron chi connectivity index (χ4n) is 4.91. The van der Waals surface area contributed by atoms with Crippen molar-refractivity contribution in [3.8, 4) is 5.75 Å². The molecule has 2 saturated heterocycles. The normalized spacial score (nSPS) is 17.7. The van der Waals surface area contributed by atoms with Crippen LogP contribution in [0.4, 0.5) is 4.39 Å². The Balaban J connectivity index is 1.31. The van der Waals surface area contributed by atoms with Gasteiger partial charge in [0.05, 0.1) is 4.88 Å². The molecule has 2 amide bonds. The van der Waals surface area contributed by atoms with Gasteiger partial charge in [-0.3, -0.25) is 9.59 Å². The lowest BCUT2D eigenvalue weighted by Crippen LogP contribution is -2.51. The van der Waals surface area contributed by atoms with E-state index in [1.165, 1.54) is 17.4 Å². The van der Waals surface area contributed by atoms with Gasteiger partial charge in [0.15, 0.2) is 0 Å². The van der Waals surface area contributed by atoms with Crippen LogP contribution in [-0.2, 0) is 11.4 Å². The van der Waals surface area contributed by atoms with Crippen molar-refractivity contribution in [1.29, 1.82) is 0 Å². The predicted molar refractivity (Wildman–Crippen MR) is 135 cm³/mol. The van der Waals surface area contributed by atoms with Crippen molar-refractivity contribution >= 4 is 33.2 Å². The van der Waals surface area contributed by atoms with Crippen LogP contribution in [0.3, 0.4) is 0 Å². The minimum atomic E-state index is -0.346. The van der Waals surface area contributed by atoms with Crippen molar-refractivity contribution < 1.29 is 18.7 Å². The highest BCUT2D eigenvalue weighted by molar-refractivity contribution is 7.21. The van der Waals surface area contributed by atoms with Crippen LogP contribution in [0.25, 0.3) is 10.1 Å². The second-order valence-electron chi connectivity index (χ2n) is 9.32. The molecule has 0 bridgehead atoms. The zero-order chi connectivity index (χ0) is 24.4. The molecule has 8 heteroatoms. The number of halogens is 1. The number of piperidine rings is 1. The van der Waals surface area contributed by atoms with Crippen molar-refractivity contribution in [3.63, 3.8) is 0 Å². The Bertz CT molecular complexity index is 1200. The maximum atomic E-state index is 14.8. The number of rotatable bonds is 5. The number of hydrogen-bond acceptors (Lipinski definition) is 5. The molecule has 3 aromatic rings. The Morgan fingerprint density at radius 3 is 2.37 bits per heavy atom. The van der Waals surface area contributed by atoms with Gasteiger partial charge in [-0.2, -0.15) is 0 Å². The molecule has 6 nitrogen and oxygen atoms in total. The van der Waals surface area contributed by atoms with E-state index in [2.05, 4.69) is 11.9 Å². The van der Waals surface area contributed by atoms with Crippen LogP contribution in [0.5, 0.6) is 5.75 Å². The van der Waals surface area contributed by atoms with Gasteiger partial charge < -0.3 is 19.4 Å². The Labute approximate surface area is 208 Å². The number of ether oxygens (including phenoxy) is 1. The van der Waals surface area contributed by atoms with E-state index in [0.29, 0.717) is 47.5 Å². The zero-order valence-corrected chi connectivity index (χ0v) is 20.7. The SMILES string of the molecule is CN1CCN(C(=O)C2CCN(C(=O)c3sc4cccc(F)c4c3COc3ccccc3)CC2)CC1. The monoisotopic (exact) mass is 495 g/mol. The number of likely N-dealkylation sites (tertiary alicyclic amines) is 1. The summed E-state index contributed by atoms with van der Waals surface area (Å²) in [6.45, 7) is 4.51. The molecule has 2 aliphatic rings. The van der Waals surface area contributed by atoms with E-state index in [4.69, 9.17) is 4.74 Å². The summed E-state index contributed by atoms with van der Waals surface area (Å²) in [6.07, 6.45) is 1.32. The molecule has 0 radical (unpaired) electrons. The van der Waals surface area contributed by atoms with E-state index < -0.39 is 0 Å². The van der Waals surface area contributed by atoms with Crippen LogP contribution in [0.15, 0.2) is 48.5 Å². The molecule has 2 fully saturated rings. The minimum absolute atomic E-state index is 0.0387. The Kier molecular flexibility index (Phi) is 7.02. The lowest BCUT2D eigenvalue weighted by molar-refractivity contribution is -0.138. The molecule has 0 spiro atoms. The van der Waals surface area contributed by atoms with Crippen LogP contribution < -0.4 is 4.74 Å². The number of amides is 2. The predicted octanol–water partition coefficient (Wildman–Crippen LogP) is 4.25. The maximum absolute atomic E-state index is 14.8. The number of piperazine rings is 1. The van der Waals surface area contributed by atoms with E-state index in [1.54, 1.807) is 6.07 Å². The van der Waals surface area contributed by atoms with Crippen molar-refractivity contribution in [3.05, 3.63) is 64.8 Å². The third-order valence-corrected chi connectivity index (χ3v) is 8.22. The molecular weight excluding hydrogens is 465 g/mol. The molecule has 1 aromatic heterocycles. The zero-order valence-electron chi connectivity index (χ0n) is 19.9. The molecule has 3 heterocycles. The summed E-state index contributed by atoms with van der Waals surface area (Å²) in [4.78, 5) is 33.1. The van der Waals surface area contributed by atoms with Gasteiger partial charge in [-0.25, -0.2) is 4.39 Å². The lowest BCUT2D eigenvalue weighted by Gasteiger charge is -2.37. The first kappa shape index (κ1) is 23.8. The number of para-hydroxylation sites is 1. The number of thiophene rings is 1. The summed E-state index contributed by atoms with van der Waals surface area (Å²) in [7, 11) is 2.07. The van der Waals surface area contributed by atoms with E-state index in [1.807, 2.05) is 46.2 Å². The third-order valence-electron chi connectivity index (χ3n) is 7.03. The molecule has 2 aliphatic heterocycles. The molecule has 0 aliphatic carbocycles. The number of carbonyl (C=O) groups is 2. The Morgan fingerprint density at radius 1 is 0.943 bits per heavy atom. The molecule has 35 heavy (non-hydrogen) atoms. The van der Waals surface area contributed by atoms with E-state index >= 15 is 0 Å². The number of carbonyl (C=O) groups excluding carboxylic acids is 2. The highest BCUT2D eigenvalue weighted by atomic mass is 32.1. The molecule has 184 valence electrons. The van der Waals surface area contributed by atoms with E-state index in [0.717, 1.165) is 30.9 Å². The Hall–Kier alpha value is -2.97. The van der Waals surface area contributed by atoms with Crippen LogP contribution in [0, 0.1) is 11.7 Å². The first-order valence-electron chi connectivity index (χ1n) is 12.2. The summed E-state index contributed by atoms with van der Waals surface area (Å²) in [6, 6.07) is 14.3. The molecule has 0 saturated carbocycles. The summed E-state index contributed by atoms with van der Waals surface area (Å²) < 4.78 is 21.5. The minimum Gasteiger partial charge on any atom is -0.489 e. The van der Waals surface area contributed by atoms with Crippen LogP contribution >= 0.6 is 11.3 Å². The summed E-state index contributed by atoms with van der Waals surface area (Å²) in [5.74, 6) is 0.391. The van der Waals surface area contributed by atoms with Gasteiger partial charge in [0.25, 0.3) is 5.91 Å². The van der Waals surface area contributed by atoms with Crippen molar-refractivity contribution in [2.75, 3.05) is 46.3 Å². The van der Waals surface area contributed by atoms with Gasteiger partial charge in [-0.15, -0.1) is 11.3 Å². The largest absolute Gasteiger partial charge is 0.489 e. The standard InChI is InChI=1S/C27H30FN3O3S/c1-29-14-16-31(17-15-29)26(32)19-10-12-30(13-11-19)27(33)25-21(18-34-20-6-3-2-4-7-20)24-22(28)8-5-9-23(24)35-25/h2-9,19H,10-18H2,1H3. The number of benzene rings is 2. The second kappa shape index (κ2) is 10.3. The first-order chi connectivity index (χ1) is 17.0. The molecular formula is C27H30FN3O3S. The van der Waals surface area contributed by atoms with Crippen LogP contribution in [-0.4, -0.2) is 72.8 Å². The van der Waals surface area contributed by atoms with Gasteiger partial charge in [0, 0.05) is 60.8 Å². The number of likely N-dealkylation sites (N-methyl/N-ethyl adjacent to an activating group) is 1. The first-order valence-corrected chi connectivity index (χ1v) is 13.0. The maximum Gasteiger partial charge on any atom is 0.264 e. The fraction of sp³-hybridized carbons (Fsp3) is 0.407. The van der Waals surface area contributed by atoms with Crippen molar-refractivity contribution in [2.45, 2.75) is 19.4 Å². The second-order valence-corrected chi connectivity index (χ2v) is 10.4. The molecule has 0 N–H and O–H groups in total. The average Bonchev–Trinajstić information content (AvgIpc) is 3.27. The van der Waals surface area contributed by atoms with Gasteiger partial charge in [-0.1, -0.05) is 24.3 Å². The highest BCUT2D eigenvalue weighted by Gasteiger charge is 2.33. The Morgan fingerprint density at radius 2 is 1.66 bits per heavy atom. The fourth-order valence-corrected chi connectivity index (χ4v) is 6.10. The third kappa shape index (κ3) is 5.04. The molecule has 0 unspecified atom stereocenters. The quantitative estimate of drug-likeness (QED) is 0.531. The topological polar surface area (TPSA) is 53.1 Å². The van der Waals surface area contributed by atoms with Crippen LogP contribution in [0.2, 0.25) is 0 Å². The van der Waals surface area contributed by atoms with Gasteiger partial charge in [0.2, 0.25) is 5.91 Å². The lowest BCUT2D eigenvalue weighted by atomic mass is 9.94. The van der Waals surface area contributed by atoms with Gasteiger partial charge >= 0.3 is 0 Å². The molecule has 2 aromatic carbocycles. The number of nitrogens with zero attached hydrogens (tertiary/aromatic N) is 3. The smallest absolute Gasteiger partial charge is 0.264 e. The summed E-state index contributed by atoms with van der Waals surface area (Å²) in [5, 5.41) is 0.455. The van der Waals surface area contributed by atoms with Gasteiger partial charge in [0.1, 0.15) is 18.2 Å². The average molecular weight is 496 g/mol. The van der Waals surface area contributed by atoms with Crippen molar-refractivity contribution in [1.82, 2.24) is 14.7 Å².